The van der Waals surface area contributed by atoms with Crippen molar-refractivity contribution in [1.82, 2.24) is 0 Å². The van der Waals surface area contributed by atoms with E-state index in [-0.39, 0.29) is 6.79 Å². The third kappa shape index (κ3) is 3.35. The van der Waals surface area contributed by atoms with Gasteiger partial charge in [0, 0.05) is 21.9 Å². The van der Waals surface area contributed by atoms with Crippen LogP contribution in [0.5, 0.6) is 17.2 Å². The third-order valence-electron chi connectivity index (χ3n) is 2.80. The number of aliphatic carboxylic acids is 1. The first-order valence-corrected chi connectivity index (χ1v) is 7.04. The van der Waals surface area contributed by atoms with E-state index in [9.17, 15) is 4.79 Å². The molecule has 3 rings (SSSR count). The summed E-state index contributed by atoms with van der Waals surface area (Å²) in [5.41, 5.74) is 0. The summed E-state index contributed by atoms with van der Waals surface area (Å²) in [6.45, 7) is 0.661. The molecule has 1 aliphatic rings. The Bertz CT molecular complexity index is 689. The van der Waals surface area contributed by atoms with Crippen molar-refractivity contribution in [2.45, 2.75) is 6.61 Å². The van der Waals surface area contributed by atoms with E-state index >= 15 is 0 Å². The molecular formula is C15H12O5S. The fourth-order valence-electron chi connectivity index (χ4n) is 1.84. The van der Waals surface area contributed by atoms with E-state index in [2.05, 4.69) is 0 Å². The standard InChI is InChI=1S/C15H12O5S/c16-15(17)6-4-11-2-3-12(21-11)8-18-10-1-5-13-14(7-10)20-9-19-13/h1-7H,8-9H2,(H,16,17). The van der Waals surface area contributed by atoms with Gasteiger partial charge in [-0.05, 0) is 30.3 Å². The maximum atomic E-state index is 10.5. The van der Waals surface area contributed by atoms with Gasteiger partial charge in [0.1, 0.15) is 12.4 Å². The van der Waals surface area contributed by atoms with E-state index in [0.717, 1.165) is 21.6 Å². The molecule has 1 N–H and O–H groups in total. The first kappa shape index (κ1) is 13.5. The van der Waals surface area contributed by atoms with Gasteiger partial charge < -0.3 is 19.3 Å². The zero-order chi connectivity index (χ0) is 14.7. The van der Waals surface area contributed by atoms with Gasteiger partial charge in [0.2, 0.25) is 6.79 Å². The summed E-state index contributed by atoms with van der Waals surface area (Å²) in [4.78, 5) is 12.3. The van der Waals surface area contributed by atoms with Crippen LogP contribution in [0.25, 0.3) is 6.08 Å². The van der Waals surface area contributed by atoms with Crippen LogP contribution < -0.4 is 14.2 Å². The van der Waals surface area contributed by atoms with Crippen molar-refractivity contribution < 1.29 is 24.1 Å². The van der Waals surface area contributed by atoms with Gasteiger partial charge in [-0.15, -0.1) is 11.3 Å². The molecule has 0 atom stereocenters. The highest BCUT2D eigenvalue weighted by Crippen LogP contribution is 2.35. The lowest BCUT2D eigenvalue weighted by Crippen LogP contribution is -1.93. The Balaban J connectivity index is 1.61. The maximum absolute atomic E-state index is 10.5. The zero-order valence-corrected chi connectivity index (χ0v) is 11.8. The molecule has 0 aliphatic carbocycles. The Morgan fingerprint density at radius 3 is 3.00 bits per heavy atom. The summed E-state index contributed by atoms with van der Waals surface area (Å²) in [6.07, 6.45) is 2.69. The van der Waals surface area contributed by atoms with Crippen molar-refractivity contribution in [2.75, 3.05) is 6.79 Å². The van der Waals surface area contributed by atoms with Gasteiger partial charge in [0.25, 0.3) is 0 Å². The van der Waals surface area contributed by atoms with Gasteiger partial charge in [0.05, 0.1) is 0 Å². The Labute approximate surface area is 125 Å². The molecule has 0 saturated heterocycles. The second-order valence-electron chi connectivity index (χ2n) is 4.28. The molecule has 108 valence electrons. The number of hydrogen-bond acceptors (Lipinski definition) is 5. The van der Waals surface area contributed by atoms with Crippen molar-refractivity contribution >= 4 is 23.4 Å². The van der Waals surface area contributed by atoms with E-state index in [1.807, 2.05) is 24.3 Å². The molecule has 0 amide bonds. The van der Waals surface area contributed by atoms with Gasteiger partial charge >= 0.3 is 5.97 Å². The largest absolute Gasteiger partial charge is 0.488 e. The van der Waals surface area contributed by atoms with Gasteiger partial charge in [-0.1, -0.05) is 0 Å². The SMILES string of the molecule is O=C(O)C=Cc1ccc(COc2ccc3c(c2)OCO3)s1. The lowest BCUT2D eigenvalue weighted by molar-refractivity contribution is -0.131. The minimum atomic E-state index is -0.957. The molecular weight excluding hydrogens is 292 g/mol. The molecule has 0 unspecified atom stereocenters. The summed E-state index contributed by atoms with van der Waals surface area (Å²) in [7, 11) is 0. The van der Waals surface area contributed by atoms with Crippen molar-refractivity contribution in [3.8, 4) is 17.2 Å². The minimum absolute atomic E-state index is 0.239. The van der Waals surface area contributed by atoms with E-state index in [1.54, 1.807) is 12.1 Å². The number of carbonyl (C=O) groups is 1. The topological polar surface area (TPSA) is 65.0 Å². The molecule has 0 spiro atoms. The van der Waals surface area contributed by atoms with Crippen LogP contribution in [0.3, 0.4) is 0 Å². The summed E-state index contributed by atoms with van der Waals surface area (Å²) in [5, 5.41) is 8.58. The van der Waals surface area contributed by atoms with E-state index in [4.69, 9.17) is 19.3 Å². The number of fused-ring (bicyclic) bond motifs is 1. The number of carboxylic acid groups (broad SMARTS) is 1. The van der Waals surface area contributed by atoms with Crippen LogP contribution in [0.2, 0.25) is 0 Å². The predicted octanol–water partition coefficient (Wildman–Crippen LogP) is 3.15. The predicted molar refractivity (Wildman–Crippen MR) is 77.9 cm³/mol. The van der Waals surface area contributed by atoms with E-state index < -0.39 is 5.97 Å². The highest BCUT2D eigenvalue weighted by atomic mass is 32.1. The Morgan fingerprint density at radius 1 is 1.29 bits per heavy atom. The van der Waals surface area contributed by atoms with Gasteiger partial charge in [-0.25, -0.2) is 4.79 Å². The smallest absolute Gasteiger partial charge is 0.328 e. The molecule has 1 aliphatic heterocycles. The van der Waals surface area contributed by atoms with Crippen molar-refractivity contribution in [1.29, 1.82) is 0 Å². The molecule has 1 aromatic carbocycles. The Kier molecular flexibility index (Phi) is 3.79. The number of thiophene rings is 1. The summed E-state index contributed by atoms with van der Waals surface area (Å²) in [5.74, 6) is 1.15. The summed E-state index contributed by atoms with van der Waals surface area (Å²) in [6, 6.07) is 9.21. The van der Waals surface area contributed by atoms with Gasteiger partial charge in [-0.2, -0.15) is 0 Å². The number of hydrogen-bond donors (Lipinski definition) is 1. The van der Waals surface area contributed by atoms with E-state index in [0.29, 0.717) is 18.1 Å². The van der Waals surface area contributed by atoms with Crippen molar-refractivity contribution in [3.63, 3.8) is 0 Å². The molecule has 2 heterocycles. The Hall–Kier alpha value is -2.47. The van der Waals surface area contributed by atoms with Crippen LogP contribution in [-0.2, 0) is 11.4 Å². The normalized spacial score (nSPS) is 12.8. The maximum Gasteiger partial charge on any atom is 0.328 e. The second kappa shape index (κ2) is 5.88. The van der Waals surface area contributed by atoms with Crippen molar-refractivity contribution in [3.05, 3.63) is 46.2 Å². The first-order chi connectivity index (χ1) is 10.2. The van der Waals surface area contributed by atoms with Gasteiger partial charge in [-0.3, -0.25) is 0 Å². The highest BCUT2D eigenvalue weighted by molar-refractivity contribution is 7.12. The fourth-order valence-corrected chi connectivity index (χ4v) is 2.67. The lowest BCUT2D eigenvalue weighted by Gasteiger charge is -2.05. The van der Waals surface area contributed by atoms with Crippen LogP contribution in [0.4, 0.5) is 0 Å². The van der Waals surface area contributed by atoms with E-state index in [1.165, 1.54) is 11.3 Å². The quantitative estimate of drug-likeness (QED) is 0.860. The number of benzene rings is 1. The molecule has 0 bridgehead atoms. The number of rotatable bonds is 5. The Morgan fingerprint density at radius 2 is 2.14 bits per heavy atom. The van der Waals surface area contributed by atoms with Crippen LogP contribution in [0.1, 0.15) is 9.75 Å². The second-order valence-corrected chi connectivity index (χ2v) is 5.48. The average molecular weight is 304 g/mol. The minimum Gasteiger partial charge on any atom is -0.488 e. The van der Waals surface area contributed by atoms with Crippen LogP contribution in [-0.4, -0.2) is 17.9 Å². The monoisotopic (exact) mass is 304 g/mol. The fraction of sp³-hybridized carbons (Fsp3) is 0.133. The molecule has 1 aromatic heterocycles. The zero-order valence-electron chi connectivity index (χ0n) is 10.9. The number of carboxylic acids is 1. The molecule has 5 nitrogen and oxygen atoms in total. The molecule has 0 saturated carbocycles. The first-order valence-electron chi connectivity index (χ1n) is 6.23. The van der Waals surface area contributed by atoms with Crippen LogP contribution >= 0.6 is 11.3 Å². The van der Waals surface area contributed by atoms with Crippen LogP contribution in [0, 0.1) is 0 Å². The third-order valence-corrected chi connectivity index (χ3v) is 3.82. The number of ether oxygens (including phenoxy) is 3. The highest BCUT2D eigenvalue weighted by Gasteiger charge is 2.13. The van der Waals surface area contributed by atoms with Crippen molar-refractivity contribution in [2.24, 2.45) is 0 Å². The average Bonchev–Trinajstić information content (AvgIpc) is 3.11. The molecule has 6 heteroatoms. The van der Waals surface area contributed by atoms with Gasteiger partial charge in [0.15, 0.2) is 11.5 Å². The molecule has 2 aromatic rings. The summed E-state index contributed by atoms with van der Waals surface area (Å²) < 4.78 is 16.2. The molecule has 0 fully saturated rings. The molecule has 21 heavy (non-hydrogen) atoms. The summed E-state index contributed by atoms with van der Waals surface area (Å²) >= 11 is 1.49. The lowest BCUT2D eigenvalue weighted by atomic mass is 10.3. The molecule has 0 radical (unpaired) electrons. The van der Waals surface area contributed by atoms with Crippen LogP contribution in [0.15, 0.2) is 36.4 Å².